The van der Waals surface area contributed by atoms with Crippen LogP contribution in [0.2, 0.25) is 5.02 Å². The first-order valence-corrected chi connectivity index (χ1v) is 17.5. The summed E-state index contributed by atoms with van der Waals surface area (Å²) in [6, 6.07) is 10.8. The maximum Gasteiger partial charge on any atom is 0.326 e. The van der Waals surface area contributed by atoms with E-state index < -0.39 is 53.2 Å². The van der Waals surface area contributed by atoms with Gasteiger partial charge in [-0.15, -0.1) is 0 Å². The van der Waals surface area contributed by atoms with Gasteiger partial charge >= 0.3 is 5.97 Å². The van der Waals surface area contributed by atoms with Crippen LogP contribution in [-0.4, -0.2) is 72.4 Å². The number of methoxy groups -OCH3 is 1. The van der Waals surface area contributed by atoms with Crippen LogP contribution in [0.1, 0.15) is 76.7 Å². The maximum absolute atomic E-state index is 13.5. The number of aliphatic hydroxyl groups excluding tert-OH is 1. The van der Waals surface area contributed by atoms with Crippen LogP contribution in [0.25, 0.3) is 0 Å². The maximum atomic E-state index is 13.5. The lowest BCUT2D eigenvalue weighted by Gasteiger charge is -2.31. The van der Waals surface area contributed by atoms with Crippen LogP contribution in [0, 0.1) is 16.7 Å². The van der Waals surface area contributed by atoms with Crippen molar-refractivity contribution in [2.24, 2.45) is 22.5 Å². The number of ether oxygens (including phenoxy) is 2. The molecule has 12 nitrogen and oxygen atoms in total. The molecule has 2 aromatic carbocycles. The van der Waals surface area contributed by atoms with Crippen molar-refractivity contribution in [3.05, 3.63) is 76.3 Å². The molecule has 0 aliphatic carbocycles. The zero-order chi connectivity index (χ0) is 37.9. The van der Waals surface area contributed by atoms with Gasteiger partial charge in [-0.1, -0.05) is 75.7 Å². The number of aliphatic hydroxyl groups is 1. The predicted molar refractivity (Wildman–Crippen MR) is 195 cm³/mol. The van der Waals surface area contributed by atoms with Crippen molar-refractivity contribution in [3.63, 3.8) is 0 Å². The first-order chi connectivity index (χ1) is 24.0. The number of hydrogen-bond acceptors (Lipinski definition) is 8. The Labute approximate surface area is 305 Å². The molecule has 1 aliphatic heterocycles. The van der Waals surface area contributed by atoms with E-state index in [2.05, 4.69) is 22.9 Å². The molecule has 2 unspecified atom stereocenters. The number of rotatable bonds is 19. The van der Waals surface area contributed by atoms with Gasteiger partial charge in [0.05, 0.1) is 30.3 Å². The Morgan fingerprint density at radius 2 is 1.71 bits per heavy atom. The van der Waals surface area contributed by atoms with E-state index in [9.17, 15) is 29.4 Å². The first-order valence-electron chi connectivity index (χ1n) is 17.2. The van der Waals surface area contributed by atoms with Gasteiger partial charge in [-0.25, -0.2) is 4.79 Å². The monoisotopic (exact) mass is 728 g/mol. The number of nitrogens with two attached hydrogens (primary N) is 1. The van der Waals surface area contributed by atoms with Gasteiger partial charge in [0, 0.05) is 19.5 Å². The molecule has 1 aliphatic rings. The fraction of sp³-hybridized carbons (Fsp3) is 0.526. The summed E-state index contributed by atoms with van der Waals surface area (Å²) in [5.74, 6) is -2.32. The van der Waals surface area contributed by atoms with Crippen LogP contribution in [0.5, 0.6) is 5.75 Å². The molecule has 1 fully saturated rings. The molecule has 0 bridgehead atoms. The number of carbonyl (C=O) groups excluding carboxylic acids is 3. The quantitative estimate of drug-likeness (QED) is 0.0914. The lowest BCUT2D eigenvalue weighted by Crippen LogP contribution is -2.56. The van der Waals surface area contributed by atoms with E-state index in [1.165, 1.54) is 20.1 Å². The zero-order valence-corrected chi connectivity index (χ0v) is 31.1. The molecule has 1 saturated heterocycles. The molecule has 13 heteroatoms. The smallest absolute Gasteiger partial charge is 0.326 e. The summed E-state index contributed by atoms with van der Waals surface area (Å²) in [5, 5.41) is 28.1. The number of amides is 3. The number of hydrogen-bond donors (Lipinski definition) is 6. The van der Waals surface area contributed by atoms with Crippen LogP contribution in [0.15, 0.2) is 54.6 Å². The van der Waals surface area contributed by atoms with Crippen LogP contribution < -0.4 is 26.4 Å². The Morgan fingerprint density at radius 3 is 2.27 bits per heavy atom. The number of halogens is 1. The van der Waals surface area contributed by atoms with E-state index in [0.29, 0.717) is 29.3 Å². The van der Waals surface area contributed by atoms with E-state index in [4.69, 9.17) is 26.8 Å². The normalized spacial score (nSPS) is 18.6. The van der Waals surface area contributed by atoms with E-state index in [1.807, 2.05) is 45.0 Å². The molecule has 0 saturated carbocycles. The Balaban J connectivity index is 1.63. The Bertz CT molecular complexity index is 1540. The lowest BCUT2D eigenvalue weighted by molar-refractivity contribution is -0.145. The van der Waals surface area contributed by atoms with Crippen LogP contribution in [0.4, 0.5) is 0 Å². The van der Waals surface area contributed by atoms with Crippen LogP contribution in [0.3, 0.4) is 0 Å². The highest BCUT2D eigenvalue weighted by molar-refractivity contribution is 6.32. The molecule has 0 aromatic heterocycles. The highest BCUT2D eigenvalue weighted by Crippen LogP contribution is 2.44. The summed E-state index contributed by atoms with van der Waals surface area (Å²) >= 11 is 6.32. The molecular formula is C38H53ClN4O8. The zero-order valence-electron chi connectivity index (χ0n) is 30.3. The second kappa shape index (κ2) is 18.5. The summed E-state index contributed by atoms with van der Waals surface area (Å²) in [7, 11) is 1.48. The lowest BCUT2D eigenvalue weighted by atomic mass is 9.86. The Morgan fingerprint density at radius 1 is 1.04 bits per heavy atom. The molecule has 0 radical (unpaired) electrons. The van der Waals surface area contributed by atoms with Crippen molar-refractivity contribution in [2.75, 3.05) is 20.3 Å². The summed E-state index contributed by atoms with van der Waals surface area (Å²) in [5.41, 5.74) is 6.58. The Hall–Kier alpha value is -3.97. The number of aliphatic carboxylic acids is 1. The number of nitrogens with one attached hydrogen (secondary N) is 3. The fourth-order valence-corrected chi connectivity index (χ4v) is 5.92. The highest BCUT2D eigenvalue weighted by atomic mass is 35.5. The molecule has 1 heterocycles. The molecular weight excluding hydrogens is 676 g/mol. The van der Waals surface area contributed by atoms with Gasteiger partial charge < -0.3 is 41.4 Å². The molecule has 3 rings (SSSR count). The summed E-state index contributed by atoms with van der Waals surface area (Å²) in [6.45, 7) is 8.59. The fourth-order valence-electron chi connectivity index (χ4n) is 5.64. The van der Waals surface area contributed by atoms with Crippen LogP contribution >= 0.6 is 11.6 Å². The number of carboxylic acids is 1. The van der Waals surface area contributed by atoms with Crippen molar-refractivity contribution in [2.45, 2.75) is 91.1 Å². The second-order valence-corrected chi connectivity index (χ2v) is 15.1. The number of carbonyl (C=O) groups is 4. The van der Waals surface area contributed by atoms with Gasteiger partial charge in [0.2, 0.25) is 17.7 Å². The third kappa shape index (κ3) is 12.6. The molecule has 280 valence electrons. The number of benzene rings is 2. The van der Waals surface area contributed by atoms with Crippen molar-refractivity contribution < 1.29 is 38.9 Å². The van der Waals surface area contributed by atoms with Gasteiger partial charge in [-0.2, -0.15) is 0 Å². The standard InChI is InChI=1S/C38H53ClN4O8/c1-23(32-33(51-32)26-14-11-24(20-40)12-15-26)9-7-8-10-31(45)42-28(18-25-13-16-30(50-6)27(39)17-25)34(46)41-21-38(5,22-44)36(49)43-29(35(47)48)19-37(2,3)4/h8,10-17,23,28-29,32-33,44H,7,9,18-22,40H2,1-6H3,(H,41,46)(H,42,45)(H,43,49)(H,47,48)/b10-8+/t23-,28+,29-,32?,33+,38?/m0/s1. The summed E-state index contributed by atoms with van der Waals surface area (Å²) < 4.78 is 11.2. The van der Waals surface area contributed by atoms with Gasteiger partial charge in [0.25, 0.3) is 0 Å². The van der Waals surface area contributed by atoms with Gasteiger partial charge in [-0.3, -0.25) is 14.4 Å². The topological polar surface area (TPSA) is 193 Å². The molecule has 3 amide bonds. The predicted octanol–water partition coefficient (Wildman–Crippen LogP) is 4.07. The van der Waals surface area contributed by atoms with Crippen molar-refractivity contribution >= 4 is 35.3 Å². The summed E-state index contributed by atoms with van der Waals surface area (Å²) in [4.78, 5) is 51.6. The van der Waals surface area contributed by atoms with Crippen molar-refractivity contribution in [1.82, 2.24) is 16.0 Å². The minimum absolute atomic E-state index is 0.0469. The van der Waals surface area contributed by atoms with E-state index in [-0.39, 0.29) is 37.5 Å². The van der Waals surface area contributed by atoms with Gasteiger partial charge in [0.1, 0.15) is 23.9 Å². The van der Waals surface area contributed by atoms with Crippen molar-refractivity contribution in [1.29, 1.82) is 0 Å². The average Bonchev–Trinajstić information content (AvgIpc) is 3.89. The molecule has 6 atom stereocenters. The van der Waals surface area contributed by atoms with Gasteiger partial charge in [-0.05, 0) is 72.4 Å². The summed E-state index contributed by atoms with van der Waals surface area (Å²) in [6.07, 6.45) is 4.92. The minimum Gasteiger partial charge on any atom is -0.495 e. The minimum atomic E-state index is -1.55. The second-order valence-electron chi connectivity index (χ2n) is 14.7. The van der Waals surface area contributed by atoms with E-state index >= 15 is 0 Å². The number of epoxide rings is 1. The molecule has 7 N–H and O–H groups in total. The van der Waals surface area contributed by atoms with Gasteiger partial charge in [0.15, 0.2) is 0 Å². The van der Waals surface area contributed by atoms with Crippen LogP contribution in [-0.2, 0) is 36.9 Å². The number of carboxylic acid groups (broad SMARTS) is 1. The molecule has 2 aromatic rings. The number of allylic oxidation sites excluding steroid dienone is 1. The first kappa shape index (κ1) is 41.5. The highest BCUT2D eigenvalue weighted by Gasteiger charge is 2.43. The SMILES string of the molecule is COc1ccc(C[C@@H](NC(=O)/C=C/CC[C@H](C)C2O[C@@H]2c2ccc(CN)cc2)C(=O)NCC(C)(CO)C(=O)N[C@@H](CC(C)(C)C)C(=O)O)cc1Cl. The molecule has 0 spiro atoms. The third-order valence-electron chi connectivity index (χ3n) is 8.95. The average molecular weight is 729 g/mol. The molecule has 51 heavy (non-hydrogen) atoms. The van der Waals surface area contributed by atoms with E-state index in [1.54, 1.807) is 24.3 Å². The Kier molecular flexibility index (Phi) is 15.0. The van der Waals surface area contributed by atoms with Crippen molar-refractivity contribution in [3.8, 4) is 5.75 Å². The largest absolute Gasteiger partial charge is 0.495 e. The van der Waals surface area contributed by atoms with E-state index in [0.717, 1.165) is 17.5 Å². The third-order valence-corrected chi connectivity index (χ3v) is 9.24.